The minimum absolute atomic E-state index is 0.0145. The van der Waals surface area contributed by atoms with E-state index >= 15 is 0 Å². The Kier molecular flexibility index (Phi) is 6.58. The van der Waals surface area contributed by atoms with Gasteiger partial charge < -0.3 is 14.6 Å². The van der Waals surface area contributed by atoms with Crippen molar-refractivity contribution < 1.29 is 19.1 Å². The van der Waals surface area contributed by atoms with E-state index in [0.29, 0.717) is 16.1 Å². The van der Waals surface area contributed by atoms with Gasteiger partial charge in [0.15, 0.2) is 6.61 Å². The molecule has 2 rings (SSSR count). The summed E-state index contributed by atoms with van der Waals surface area (Å²) in [5.41, 5.74) is 2.79. The number of Topliss-reactive ketones (excluding diaryl/α,β-unsaturated/α-hetero) is 1. The highest BCUT2D eigenvalue weighted by Gasteiger charge is 2.16. The lowest BCUT2D eigenvalue weighted by molar-refractivity contribution is -0.142. The van der Waals surface area contributed by atoms with Gasteiger partial charge in [0.2, 0.25) is 5.78 Å². The number of ether oxygens (including phenoxy) is 1. The molecule has 6 nitrogen and oxygen atoms in total. The number of carbonyl (C=O) groups is 3. The smallest absolute Gasteiger partial charge is 0.308 e. The average molecular weight is 377 g/mol. The van der Waals surface area contributed by atoms with Crippen LogP contribution in [0.1, 0.15) is 38.5 Å². The summed E-state index contributed by atoms with van der Waals surface area (Å²) >= 11 is 5.76. The average Bonchev–Trinajstić information content (AvgIpc) is 2.87. The molecule has 0 bridgehead atoms. The van der Waals surface area contributed by atoms with Crippen LogP contribution in [0.3, 0.4) is 0 Å². The SMILES string of the molecule is Cc1cc(C(=O)COC(=O)CCNC(=O)c2ccc(Cl)cc2)c(C)n1C. The minimum Gasteiger partial charge on any atom is -0.457 e. The van der Waals surface area contributed by atoms with Crippen LogP contribution in [0.15, 0.2) is 30.3 Å². The third kappa shape index (κ3) is 4.95. The number of nitrogens with one attached hydrogen (secondary N) is 1. The third-order valence-corrected chi connectivity index (χ3v) is 4.41. The largest absolute Gasteiger partial charge is 0.457 e. The van der Waals surface area contributed by atoms with Gasteiger partial charge in [0.25, 0.3) is 5.91 Å². The number of hydrogen-bond acceptors (Lipinski definition) is 4. The van der Waals surface area contributed by atoms with Crippen molar-refractivity contribution in [1.82, 2.24) is 9.88 Å². The van der Waals surface area contributed by atoms with E-state index in [1.165, 1.54) is 0 Å². The zero-order valence-corrected chi connectivity index (χ0v) is 15.7. The molecular weight excluding hydrogens is 356 g/mol. The molecule has 0 radical (unpaired) electrons. The summed E-state index contributed by atoms with van der Waals surface area (Å²) in [6, 6.07) is 8.20. The number of aromatic nitrogens is 1. The van der Waals surface area contributed by atoms with E-state index in [-0.39, 0.29) is 31.3 Å². The fraction of sp³-hybridized carbons (Fsp3) is 0.316. The lowest BCUT2D eigenvalue weighted by atomic mass is 10.1. The molecule has 1 N–H and O–H groups in total. The molecular formula is C19H21ClN2O4. The summed E-state index contributed by atoms with van der Waals surface area (Å²) in [5, 5.41) is 3.16. The maximum absolute atomic E-state index is 12.2. The van der Waals surface area contributed by atoms with Crippen LogP contribution in [-0.4, -0.2) is 35.4 Å². The van der Waals surface area contributed by atoms with E-state index < -0.39 is 5.97 Å². The lowest BCUT2D eigenvalue weighted by Gasteiger charge is -2.06. The number of nitrogens with zero attached hydrogens (tertiary/aromatic N) is 1. The Morgan fingerprint density at radius 1 is 1.15 bits per heavy atom. The molecule has 1 heterocycles. The lowest BCUT2D eigenvalue weighted by Crippen LogP contribution is -2.27. The van der Waals surface area contributed by atoms with E-state index in [4.69, 9.17) is 16.3 Å². The van der Waals surface area contributed by atoms with Gasteiger partial charge in [-0.1, -0.05) is 11.6 Å². The number of rotatable bonds is 7. The Morgan fingerprint density at radius 3 is 2.38 bits per heavy atom. The minimum atomic E-state index is -0.542. The standard InChI is InChI=1S/C19H21ClN2O4/c1-12-10-16(13(2)22(12)3)17(23)11-26-18(24)8-9-21-19(25)14-4-6-15(20)7-5-14/h4-7,10H,8-9,11H2,1-3H3,(H,21,25). The van der Waals surface area contributed by atoms with Gasteiger partial charge in [-0.05, 0) is 44.2 Å². The van der Waals surface area contributed by atoms with Crippen molar-refractivity contribution in [2.24, 2.45) is 7.05 Å². The Hall–Kier alpha value is -2.60. The van der Waals surface area contributed by atoms with Crippen molar-refractivity contribution in [2.45, 2.75) is 20.3 Å². The molecule has 0 fully saturated rings. The number of halogens is 1. The molecule has 0 unspecified atom stereocenters. The van der Waals surface area contributed by atoms with Crippen LogP contribution in [0.4, 0.5) is 0 Å². The van der Waals surface area contributed by atoms with Crippen molar-refractivity contribution in [3.05, 3.63) is 57.9 Å². The van der Waals surface area contributed by atoms with Gasteiger partial charge in [-0.15, -0.1) is 0 Å². The highest BCUT2D eigenvalue weighted by Crippen LogP contribution is 2.14. The second-order valence-corrected chi connectivity index (χ2v) is 6.38. The highest BCUT2D eigenvalue weighted by atomic mass is 35.5. The summed E-state index contributed by atoms with van der Waals surface area (Å²) < 4.78 is 6.90. The Morgan fingerprint density at radius 2 is 1.81 bits per heavy atom. The molecule has 0 aliphatic heterocycles. The van der Waals surface area contributed by atoms with Crippen LogP contribution < -0.4 is 5.32 Å². The van der Waals surface area contributed by atoms with E-state index in [1.807, 2.05) is 25.5 Å². The van der Waals surface area contributed by atoms with E-state index in [2.05, 4.69) is 5.32 Å². The van der Waals surface area contributed by atoms with Gasteiger partial charge in [-0.2, -0.15) is 0 Å². The zero-order chi connectivity index (χ0) is 19.3. The molecule has 7 heteroatoms. The van der Waals surface area contributed by atoms with Crippen molar-refractivity contribution in [3.8, 4) is 0 Å². The van der Waals surface area contributed by atoms with Crippen LogP contribution in [0, 0.1) is 13.8 Å². The van der Waals surface area contributed by atoms with Crippen molar-refractivity contribution in [2.75, 3.05) is 13.2 Å². The molecule has 2 aromatic rings. The van der Waals surface area contributed by atoms with Gasteiger partial charge in [0.1, 0.15) is 0 Å². The molecule has 0 saturated carbocycles. The van der Waals surface area contributed by atoms with Gasteiger partial charge in [0.05, 0.1) is 6.42 Å². The third-order valence-electron chi connectivity index (χ3n) is 4.16. The first-order valence-corrected chi connectivity index (χ1v) is 8.53. The molecule has 138 valence electrons. The predicted octanol–water partition coefficient (Wildman–Crippen LogP) is 2.84. The van der Waals surface area contributed by atoms with Crippen LogP contribution in [0.2, 0.25) is 5.02 Å². The fourth-order valence-electron chi connectivity index (χ4n) is 2.42. The number of carbonyl (C=O) groups excluding carboxylic acids is 3. The van der Waals surface area contributed by atoms with Crippen LogP contribution in [0.5, 0.6) is 0 Å². The van der Waals surface area contributed by atoms with E-state index in [0.717, 1.165) is 11.4 Å². The number of esters is 1. The molecule has 0 spiro atoms. The van der Waals surface area contributed by atoms with Crippen LogP contribution in [-0.2, 0) is 16.6 Å². The van der Waals surface area contributed by atoms with Gasteiger partial charge in [-0.3, -0.25) is 14.4 Å². The first kappa shape index (κ1) is 19.7. The van der Waals surface area contributed by atoms with Crippen molar-refractivity contribution >= 4 is 29.3 Å². The maximum Gasteiger partial charge on any atom is 0.308 e. The Labute approximate surface area is 157 Å². The maximum atomic E-state index is 12.2. The summed E-state index contributed by atoms with van der Waals surface area (Å²) in [6.45, 7) is 3.56. The molecule has 0 aliphatic carbocycles. The molecule has 0 aliphatic rings. The quantitative estimate of drug-likeness (QED) is 0.595. The molecule has 0 atom stereocenters. The summed E-state index contributed by atoms with van der Waals surface area (Å²) in [4.78, 5) is 35.8. The van der Waals surface area contributed by atoms with Gasteiger partial charge in [-0.25, -0.2) is 0 Å². The van der Waals surface area contributed by atoms with Gasteiger partial charge in [0, 0.05) is 41.1 Å². The first-order chi connectivity index (χ1) is 12.3. The summed E-state index contributed by atoms with van der Waals surface area (Å²) in [5.74, 6) is -1.09. The number of ketones is 1. The van der Waals surface area contributed by atoms with Crippen molar-refractivity contribution in [1.29, 1.82) is 0 Å². The Balaban J connectivity index is 1.75. The topological polar surface area (TPSA) is 77.4 Å². The van der Waals surface area contributed by atoms with E-state index in [9.17, 15) is 14.4 Å². The second kappa shape index (κ2) is 8.67. The summed E-state index contributed by atoms with van der Waals surface area (Å²) in [6.07, 6.45) is -0.0145. The number of benzene rings is 1. The van der Waals surface area contributed by atoms with Gasteiger partial charge >= 0.3 is 5.97 Å². The fourth-order valence-corrected chi connectivity index (χ4v) is 2.54. The normalized spacial score (nSPS) is 10.5. The van der Waals surface area contributed by atoms with Crippen LogP contribution >= 0.6 is 11.6 Å². The number of amides is 1. The first-order valence-electron chi connectivity index (χ1n) is 8.15. The number of hydrogen-bond donors (Lipinski definition) is 1. The second-order valence-electron chi connectivity index (χ2n) is 5.94. The summed E-state index contributed by atoms with van der Waals surface area (Å²) in [7, 11) is 1.87. The molecule has 1 aromatic carbocycles. The van der Waals surface area contributed by atoms with Crippen molar-refractivity contribution in [3.63, 3.8) is 0 Å². The molecule has 26 heavy (non-hydrogen) atoms. The van der Waals surface area contributed by atoms with Crippen LogP contribution in [0.25, 0.3) is 0 Å². The zero-order valence-electron chi connectivity index (χ0n) is 15.0. The van der Waals surface area contributed by atoms with E-state index in [1.54, 1.807) is 30.3 Å². The monoisotopic (exact) mass is 376 g/mol. The highest BCUT2D eigenvalue weighted by molar-refractivity contribution is 6.30. The molecule has 1 amide bonds. The number of aryl methyl sites for hydroxylation is 1. The predicted molar refractivity (Wildman–Crippen MR) is 98.6 cm³/mol. The molecule has 1 aromatic heterocycles. The molecule has 0 saturated heterocycles. The Bertz CT molecular complexity index is 825.